The molecule has 0 spiro atoms. The van der Waals surface area contributed by atoms with E-state index in [1.54, 1.807) is 12.3 Å². The van der Waals surface area contributed by atoms with Crippen molar-refractivity contribution in [1.29, 1.82) is 5.26 Å². The van der Waals surface area contributed by atoms with Gasteiger partial charge in [0.05, 0.1) is 17.1 Å². The standard InChI is InChI=1S/C17H14N4/c1-12-4-3-5-16(8-12)21-17(9-13(2)20-21)14-6-7-19-15(10-14)11-18/h3-10H,1-2H3. The minimum Gasteiger partial charge on any atom is -0.246 e. The molecule has 0 radical (unpaired) electrons. The van der Waals surface area contributed by atoms with Crippen molar-refractivity contribution in [2.45, 2.75) is 13.8 Å². The molecule has 0 saturated heterocycles. The van der Waals surface area contributed by atoms with Crippen LogP contribution in [0, 0.1) is 25.2 Å². The molecule has 2 heterocycles. The van der Waals surface area contributed by atoms with Gasteiger partial charge in [0.25, 0.3) is 0 Å². The number of benzene rings is 1. The van der Waals surface area contributed by atoms with Gasteiger partial charge in [0, 0.05) is 11.8 Å². The molecule has 0 N–H and O–H groups in total. The first-order chi connectivity index (χ1) is 10.2. The van der Waals surface area contributed by atoms with Crippen LogP contribution in [-0.2, 0) is 0 Å². The maximum atomic E-state index is 9.00. The van der Waals surface area contributed by atoms with E-state index in [0.717, 1.165) is 22.6 Å². The summed E-state index contributed by atoms with van der Waals surface area (Å²) >= 11 is 0. The fourth-order valence-electron chi connectivity index (χ4n) is 2.31. The van der Waals surface area contributed by atoms with Crippen molar-refractivity contribution in [1.82, 2.24) is 14.8 Å². The topological polar surface area (TPSA) is 54.5 Å². The number of nitrogens with zero attached hydrogens (tertiary/aromatic N) is 4. The lowest BCUT2D eigenvalue weighted by molar-refractivity contribution is 0.868. The Morgan fingerprint density at radius 2 is 1.95 bits per heavy atom. The van der Waals surface area contributed by atoms with Crippen molar-refractivity contribution >= 4 is 0 Å². The highest BCUT2D eigenvalue weighted by Gasteiger charge is 2.10. The second-order valence-electron chi connectivity index (χ2n) is 4.96. The number of hydrogen-bond donors (Lipinski definition) is 0. The molecular formula is C17H14N4. The Hall–Kier alpha value is -2.93. The summed E-state index contributed by atoms with van der Waals surface area (Å²) in [6.07, 6.45) is 1.65. The average Bonchev–Trinajstić information content (AvgIpc) is 2.89. The minimum absolute atomic E-state index is 0.405. The molecule has 0 amide bonds. The fraction of sp³-hybridized carbons (Fsp3) is 0.118. The number of rotatable bonds is 2. The van der Waals surface area contributed by atoms with Gasteiger partial charge in [-0.3, -0.25) is 0 Å². The third kappa shape index (κ3) is 2.54. The van der Waals surface area contributed by atoms with Crippen LogP contribution >= 0.6 is 0 Å². The van der Waals surface area contributed by atoms with E-state index in [9.17, 15) is 0 Å². The van der Waals surface area contributed by atoms with Crippen molar-refractivity contribution in [2.24, 2.45) is 0 Å². The van der Waals surface area contributed by atoms with Crippen molar-refractivity contribution in [2.75, 3.05) is 0 Å². The van der Waals surface area contributed by atoms with Crippen molar-refractivity contribution in [3.05, 3.63) is 65.6 Å². The lowest BCUT2D eigenvalue weighted by atomic mass is 10.1. The Morgan fingerprint density at radius 3 is 2.71 bits per heavy atom. The van der Waals surface area contributed by atoms with Crippen LogP contribution in [0.1, 0.15) is 17.0 Å². The zero-order chi connectivity index (χ0) is 14.8. The lowest BCUT2D eigenvalue weighted by Crippen LogP contribution is -2.00. The molecule has 0 aliphatic rings. The SMILES string of the molecule is Cc1cccc(-n2nc(C)cc2-c2ccnc(C#N)c2)c1. The molecule has 0 atom stereocenters. The van der Waals surface area contributed by atoms with Gasteiger partial charge in [-0.15, -0.1) is 0 Å². The Bertz CT molecular complexity index is 840. The molecule has 0 saturated carbocycles. The van der Waals surface area contributed by atoms with Gasteiger partial charge in [0.1, 0.15) is 11.8 Å². The summed E-state index contributed by atoms with van der Waals surface area (Å²) in [7, 11) is 0. The van der Waals surface area contributed by atoms with Gasteiger partial charge >= 0.3 is 0 Å². The van der Waals surface area contributed by atoms with E-state index >= 15 is 0 Å². The third-order valence-electron chi connectivity index (χ3n) is 3.25. The van der Waals surface area contributed by atoms with E-state index < -0.39 is 0 Å². The molecule has 0 bridgehead atoms. The van der Waals surface area contributed by atoms with Gasteiger partial charge in [0.15, 0.2) is 0 Å². The van der Waals surface area contributed by atoms with Gasteiger partial charge in [0.2, 0.25) is 0 Å². The summed E-state index contributed by atoms with van der Waals surface area (Å²) in [5.41, 5.74) is 5.41. The van der Waals surface area contributed by atoms with Crippen molar-refractivity contribution in [3.8, 4) is 23.0 Å². The third-order valence-corrected chi connectivity index (χ3v) is 3.25. The summed E-state index contributed by atoms with van der Waals surface area (Å²) in [4.78, 5) is 4.02. The molecule has 2 aromatic heterocycles. The zero-order valence-corrected chi connectivity index (χ0v) is 11.9. The van der Waals surface area contributed by atoms with E-state index in [4.69, 9.17) is 5.26 Å². The smallest absolute Gasteiger partial charge is 0.141 e. The molecule has 4 nitrogen and oxygen atoms in total. The maximum Gasteiger partial charge on any atom is 0.141 e. The molecule has 0 fully saturated rings. The zero-order valence-electron chi connectivity index (χ0n) is 11.9. The summed E-state index contributed by atoms with van der Waals surface area (Å²) in [5.74, 6) is 0. The van der Waals surface area contributed by atoms with Crippen molar-refractivity contribution < 1.29 is 0 Å². The number of pyridine rings is 1. The first-order valence-electron chi connectivity index (χ1n) is 6.67. The monoisotopic (exact) mass is 274 g/mol. The number of nitriles is 1. The Morgan fingerprint density at radius 1 is 1.10 bits per heavy atom. The molecule has 0 aliphatic carbocycles. The minimum atomic E-state index is 0.405. The summed E-state index contributed by atoms with van der Waals surface area (Å²) in [6.45, 7) is 4.02. The van der Waals surface area contributed by atoms with E-state index in [-0.39, 0.29) is 0 Å². The Labute approximate surface area is 123 Å². The van der Waals surface area contributed by atoms with Crippen LogP contribution in [0.3, 0.4) is 0 Å². The van der Waals surface area contributed by atoms with Crippen LogP contribution in [0.5, 0.6) is 0 Å². The van der Waals surface area contributed by atoms with Crippen LogP contribution in [0.25, 0.3) is 16.9 Å². The van der Waals surface area contributed by atoms with Crippen LogP contribution in [0.15, 0.2) is 48.7 Å². The molecular weight excluding hydrogens is 260 g/mol. The molecule has 3 rings (SSSR count). The molecule has 102 valence electrons. The second kappa shape index (κ2) is 5.22. The maximum absolute atomic E-state index is 9.00. The molecule has 1 aromatic carbocycles. The molecule has 0 unspecified atom stereocenters. The van der Waals surface area contributed by atoms with Crippen LogP contribution in [-0.4, -0.2) is 14.8 Å². The lowest BCUT2D eigenvalue weighted by Gasteiger charge is -2.08. The molecule has 0 aliphatic heterocycles. The van der Waals surface area contributed by atoms with E-state index in [0.29, 0.717) is 5.69 Å². The molecule has 21 heavy (non-hydrogen) atoms. The predicted octanol–water partition coefficient (Wildman–Crippen LogP) is 3.42. The van der Waals surface area contributed by atoms with Gasteiger partial charge in [-0.2, -0.15) is 10.4 Å². The van der Waals surface area contributed by atoms with Crippen molar-refractivity contribution in [3.63, 3.8) is 0 Å². The first kappa shape index (κ1) is 13.1. The van der Waals surface area contributed by atoms with Crippen LogP contribution in [0.2, 0.25) is 0 Å². The van der Waals surface area contributed by atoms with Gasteiger partial charge < -0.3 is 0 Å². The van der Waals surface area contributed by atoms with E-state index in [1.807, 2.05) is 35.9 Å². The van der Waals surface area contributed by atoms with Crippen LogP contribution < -0.4 is 0 Å². The molecule has 3 aromatic rings. The highest BCUT2D eigenvalue weighted by atomic mass is 15.3. The van der Waals surface area contributed by atoms with Gasteiger partial charge in [-0.1, -0.05) is 12.1 Å². The highest BCUT2D eigenvalue weighted by Crippen LogP contribution is 2.24. The highest BCUT2D eigenvalue weighted by molar-refractivity contribution is 5.63. The van der Waals surface area contributed by atoms with Gasteiger partial charge in [-0.05, 0) is 49.7 Å². The van der Waals surface area contributed by atoms with E-state index in [1.165, 1.54) is 5.56 Å². The predicted molar refractivity (Wildman–Crippen MR) is 81.0 cm³/mol. The Balaban J connectivity index is 2.18. The second-order valence-corrected chi connectivity index (χ2v) is 4.96. The number of aryl methyl sites for hydroxylation is 2. The van der Waals surface area contributed by atoms with Crippen LogP contribution in [0.4, 0.5) is 0 Å². The fourth-order valence-corrected chi connectivity index (χ4v) is 2.31. The average molecular weight is 274 g/mol. The van der Waals surface area contributed by atoms with Gasteiger partial charge in [-0.25, -0.2) is 9.67 Å². The molecule has 4 heteroatoms. The summed E-state index contributed by atoms with van der Waals surface area (Å²) in [5, 5.41) is 13.6. The number of aromatic nitrogens is 3. The largest absolute Gasteiger partial charge is 0.246 e. The normalized spacial score (nSPS) is 10.3. The number of hydrogen-bond acceptors (Lipinski definition) is 3. The quantitative estimate of drug-likeness (QED) is 0.719. The summed E-state index contributed by atoms with van der Waals surface area (Å²) in [6, 6.07) is 15.9. The van der Waals surface area contributed by atoms with E-state index in [2.05, 4.69) is 35.2 Å². The Kier molecular flexibility index (Phi) is 3.25. The first-order valence-corrected chi connectivity index (χ1v) is 6.67. The summed E-state index contributed by atoms with van der Waals surface area (Å²) < 4.78 is 1.90.